The lowest BCUT2D eigenvalue weighted by atomic mass is 9.96. The van der Waals surface area contributed by atoms with Gasteiger partial charge in [0.25, 0.3) is 0 Å². The zero-order chi connectivity index (χ0) is 11.4. The Hall–Kier alpha value is -1.44. The molecule has 0 atom stereocenters. The van der Waals surface area contributed by atoms with Crippen molar-refractivity contribution in [1.29, 1.82) is 0 Å². The Bertz CT molecular complexity index is 367. The number of hydrogen-bond acceptors (Lipinski definition) is 2. The molecule has 0 bridgehead atoms. The third kappa shape index (κ3) is 2.38. The number of hydrogen-bond donors (Lipinski definition) is 0. The molecule has 1 fully saturated rings. The summed E-state index contributed by atoms with van der Waals surface area (Å²) in [6, 6.07) is 5.99. The van der Waals surface area contributed by atoms with Crippen molar-refractivity contribution in [2.24, 2.45) is 0 Å². The molecule has 0 aliphatic heterocycles. The zero-order valence-corrected chi connectivity index (χ0v) is 9.74. The summed E-state index contributed by atoms with van der Waals surface area (Å²) < 4.78 is 11.5. The molecule has 86 valence electrons. The highest BCUT2D eigenvalue weighted by atomic mass is 16.5. The maximum atomic E-state index is 5.95. The van der Waals surface area contributed by atoms with Gasteiger partial charge in [-0.2, -0.15) is 0 Å². The lowest BCUT2D eigenvalue weighted by molar-refractivity contribution is 0.114. The second kappa shape index (κ2) is 5.06. The van der Waals surface area contributed by atoms with E-state index < -0.39 is 0 Å². The average Bonchev–Trinajstić information content (AvgIpc) is 2.22. The van der Waals surface area contributed by atoms with E-state index in [-0.39, 0.29) is 0 Å². The molecule has 2 heteroatoms. The summed E-state index contributed by atoms with van der Waals surface area (Å²) in [5.41, 5.74) is 1.13. The minimum Gasteiger partial charge on any atom is -0.486 e. The number of aryl methyl sites for hydroxylation is 1. The first-order valence-electron chi connectivity index (χ1n) is 5.81. The summed E-state index contributed by atoms with van der Waals surface area (Å²) in [4.78, 5) is 0. The van der Waals surface area contributed by atoms with Gasteiger partial charge < -0.3 is 9.47 Å². The van der Waals surface area contributed by atoms with E-state index >= 15 is 0 Å². The van der Waals surface area contributed by atoms with Crippen molar-refractivity contribution in [2.75, 3.05) is 6.61 Å². The molecule has 0 radical (unpaired) electrons. The van der Waals surface area contributed by atoms with Gasteiger partial charge in [-0.25, -0.2) is 0 Å². The molecule has 1 aromatic carbocycles. The fraction of sp³-hybridized carbons (Fsp3) is 0.429. The molecule has 0 heterocycles. The molecule has 16 heavy (non-hydrogen) atoms. The molecule has 0 N–H and O–H groups in total. The first-order chi connectivity index (χ1) is 7.81. The lowest BCUT2D eigenvalue weighted by Gasteiger charge is -2.28. The molecule has 1 aliphatic rings. The summed E-state index contributed by atoms with van der Waals surface area (Å²) in [6.45, 7) is 6.22. The Morgan fingerprint density at radius 3 is 2.88 bits per heavy atom. The van der Waals surface area contributed by atoms with Crippen LogP contribution in [0.4, 0.5) is 0 Å². The molecule has 1 aromatic rings. The summed E-state index contributed by atoms with van der Waals surface area (Å²) >= 11 is 0. The second-order valence-corrected chi connectivity index (χ2v) is 4.17. The molecular formula is C14H18O2. The second-order valence-electron chi connectivity index (χ2n) is 4.17. The van der Waals surface area contributed by atoms with Crippen LogP contribution in [-0.4, -0.2) is 12.7 Å². The van der Waals surface area contributed by atoms with Crippen molar-refractivity contribution in [3.8, 4) is 11.5 Å². The van der Waals surface area contributed by atoms with E-state index in [1.807, 2.05) is 12.1 Å². The van der Waals surface area contributed by atoms with Gasteiger partial charge in [0.05, 0.1) is 6.10 Å². The average molecular weight is 218 g/mol. The predicted molar refractivity (Wildman–Crippen MR) is 65.1 cm³/mol. The Labute approximate surface area is 96.9 Å². The van der Waals surface area contributed by atoms with Crippen LogP contribution < -0.4 is 9.47 Å². The van der Waals surface area contributed by atoms with Gasteiger partial charge in [0.1, 0.15) is 6.61 Å². The van der Waals surface area contributed by atoms with Crippen LogP contribution in [0.25, 0.3) is 0 Å². The number of ether oxygens (including phenoxy) is 2. The van der Waals surface area contributed by atoms with Crippen molar-refractivity contribution >= 4 is 0 Å². The number of benzene rings is 1. The monoisotopic (exact) mass is 218 g/mol. The minimum atomic E-state index is 0.382. The Kier molecular flexibility index (Phi) is 3.50. The van der Waals surface area contributed by atoms with E-state index in [1.165, 1.54) is 6.42 Å². The SMILES string of the molecule is C=CCOc1cccc(C)c1OC1CCC1. The quantitative estimate of drug-likeness (QED) is 0.704. The highest BCUT2D eigenvalue weighted by Gasteiger charge is 2.21. The lowest BCUT2D eigenvalue weighted by Crippen LogP contribution is -2.25. The van der Waals surface area contributed by atoms with E-state index in [1.54, 1.807) is 6.08 Å². The van der Waals surface area contributed by atoms with Crippen LogP contribution in [0.3, 0.4) is 0 Å². The Morgan fingerprint density at radius 1 is 1.44 bits per heavy atom. The normalized spacial score (nSPS) is 15.3. The van der Waals surface area contributed by atoms with Crippen molar-refractivity contribution < 1.29 is 9.47 Å². The Morgan fingerprint density at radius 2 is 2.25 bits per heavy atom. The van der Waals surface area contributed by atoms with Crippen LogP contribution >= 0.6 is 0 Å². The molecule has 1 saturated carbocycles. The number of rotatable bonds is 5. The molecule has 2 nitrogen and oxygen atoms in total. The summed E-state index contributed by atoms with van der Waals surface area (Å²) in [5, 5.41) is 0. The summed E-state index contributed by atoms with van der Waals surface area (Å²) in [5.74, 6) is 1.72. The van der Waals surface area contributed by atoms with Gasteiger partial charge in [-0.05, 0) is 37.8 Å². The van der Waals surface area contributed by atoms with Gasteiger partial charge in [-0.1, -0.05) is 24.8 Å². The van der Waals surface area contributed by atoms with Crippen molar-refractivity contribution in [3.05, 3.63) is 36.4 Å². The smallest absolute Gasteiger partial charge is 0.164 e. The molecule has 0 aromatic heterocycles. The molecule has 0 unspecified atom stereocenters. The van der Waals surface area contributed by atoms with Crippen molar-refractivity contribution in [1.82, 2.24) is 0 Å². The first-order valence-corrected chi connectivity index (χ1v) is 5.81. The van der Waals surface area contributed by atoms with Crippen LogP contribution in [-0.2, 0) is 0 Å². The van der Waals surface area contributed by atoms with Crippen LogP contribution in [0, 0.1) is 6.92 Å². The molecule has 0 saturated heterocycles. The molecule has 1 aliphatic carbocycles. The standard InChI is InChI=1S/C14H18O2/c1-3-10-15-13-9-4-6-11(2)14(13)16-12-7-5-8-12/h3-4,6,9,12H,1,5,7-8,10H2,2H3. The highest BCUT2D eigenvalue weighted by Crippen LogP contribution is 2.35. The van der Waals surface area contributed by atoms with E-state index in [9.17, 15) is 0 Å². The van der Waals surface area contributed by atoms with Crippen LogP contribution in [0.5, 0.6) is 11.5 Å². The predicted octanol–water partition coefficient (Wildman–Crippen LogP) is 3.49. The maximum Gasteiger partial charge on any atom is 0.164 e. The molecule has 2 rings (SSSR count). The van der Waals surface area contributed by atoms with Gasteiger partial charge in [-0.15, -0.1) is 0 Å². The van der Waals surface area contributed by atoms with E-state index in [0.29, 0.717) is 12.7 Å². The molecular weight excluding hydrogens is 200 g/mol. The van der Waals surface area contributed by atoms with E-state index in [2.05, 4.69) is 19.6 Å². The maximum absolute atomic E-state index is 5.95. The van der Waals surface area contributed by atoms with Gasteiger partial charge in [0.2, 0.25) is 0 Å². The molecule has 0 amide bonds. The van der Waals surface area contributed by atoms with Gasteiger partial charge in [0.15, 0.2) is 11.5 Å². The first kappa shape index (κ1) is 11.1. The summed E-state index contributed by atoms with van der Waals surface area (Å²) in [7, 11) is 0. The van der Waals surface area contributed by atoms with Gasteiger partial charge in [-0.3, -0.25) is 0 Å². The third-order valence-corrected chi connectivity index (χ3v) is 2.87. The summed E-state index contributed by atoms with van der Waals surface area (Å²) in [6.07, 6.45) is 5.73. The highest BCUT2D eigenvalue weighted by molar-refractivity contribution is 5.46. The fourth-order valence-corrected chi connectivity index (χ4v) is 1.69. The third-order valence-electron chi connectivity index (χ3n) is 2.87. The number of para-hydroxylation sites is 1. The molecule has 0 spiro atoms. The van der Waals surface area contributed by atoms with E-state index in [0.717, 1.165) is 29.9 Å². The van der Waals surface area contributed by atoms with Crippen molar-refractivity contribution in [2.45, 2.75) is 32.3 Å². The van der Waals surface area contributed by atoms with Crippen LogP contribution in [0.2, 0.25) is 0 Å². The van der Waals surface area contributed by atoms with Gasteiger partial charge >= 0.3 is 0 Å². The largest absolute Gasteiger partial charge is 0.486 e. The van der Waals surface area contributed by atoms with Crippen LogP contribution in [0.1, 0.15) is 24.8 Å². The van der Waals surface area contributed by atoms with Gasteiger partial charge in [0, 0.05) is 0 Å². The minimum absolute atomic E-state index is 0.382. The topological polar surface area (TPSA) is 18.5 Å². The zero-order valence-electron chi connectivity index (χ0n) is 9.74. The Balaban J connectivity index is 2.13. The van der Waals surface area contributed by atoms with Crippen LogP contribution in [0.15, 0.2) is 30.9 Å². The fourth-order valence-electron chi connectivity index (χ4n) is 1.69. The van der Waals surface area contributed by atoms with E-state index in [4.69, 9.17) is 9.47 Å². The van der Waals surface area contributed by atoms with Crippen molar-refractivity contribution in [3.63, 3.8) is 0 Å².